The van der Waals surface area contributed by atoms with Gasteiger partial charge in [-0.15, -0.1) is 0 Å². The van der Waals surface area contributed by atoms with Crippen molar-refractivity contribution in [3.8, 4) is 5.75 Å². The standard InChI is InChI=1S/C17H18FN3O6S/c1-26-11-4-5-14-13(9-11)12(6-7-19-14)17(23)20-10-15(22)21-8-2-3-16(21)27-28(18,24)25/h4-7,9,16H,2-3,8,10H2,1H3,(H,20,23). The number of ether oxygens (including phenoxy) is 1. The predicted molar refractivity (Wildman–Crippen MR) is 96.5 cm³/mol. The van der Waals surface area contributed by atoms with Crippen molar-refractivity contribution in [3.63, 3.8) is 0 Å². The van der Waals surface area contributed by atoms with Crippen LogP contribution in [0.2, 0.25) is 0 Å². The molecule has 1 fully saturated rings. The summed E-state index contributed by atoms with van der Waals surface area (Å²) >= 11 is 0. The van der Waals surface area contributed by atoms with Gasteiger partial charge in [0.15, 0.2) is 6.23 Å². The van der Waals surface area contributed by atoms with Crippen LogP contribution in [-0.4, -0.2) is 56.5 Å². The average Bonchev–Trinajstić information content (AvgIpc) is 3.11. The number of amides is 2. The lowest BCUT2D eigenvalue weighted by Crippen LogP contribution is -2.43. The number of nitrogens with one attached hydrogen (secondary N) is 1. The number of benzene rings is 1. The summed E-state index contributed by atoms with van der Waals surface area (Å²) in [5.41, 5.74) is 0.887. The number of fused-ring (bicyclic) bond motifs is 1. The third-order valence-electron chi connectivity index (χ3n) is 4.34. The Hall–Kier alpha value is -2.79. The highest BCUT2D eigenvalue weighted by Gasteiger charge is 2.33. The summed E-state index contributed by atoms with van der Waals surface area (Å²) in [4.78, 5) is 30.1. The van der Waals surface area contributed by atoms with Crippen molar-refractivity contribution in [3.05, 3.63) is 36.0 Å². The maximum absolute atomic E-state index is 12.7. The van der Waals surface area contributed by atoms with Gasteiger partial charge in [0.05, 0.1) is 24.7 Å². The van der Waals surface area contributed by atoms with E-state index in [-0.39, 0.29) is 13.0 Å². The van der Waals surface area contributed by atoms with Crippen LogP contribution < -0.4 is 10.1 Å². The summed E-state index contributed by atoms with van der Waals surface area (Å²) in [6.45, 7) is -0.177. The molecule has 1 N–H and O–H groups in total. The van der Waals surface area contributed by atoms with Crippen molar-refractivity contribution in [1.29, 1.82) is 0 Å². The molecule has 1 aromatic heterocycles. The number of carbonyl (C=O) groups is 2. The summed E-state index contributed by atoms with van der Waals surface area (Å²) < 4.78 is 43.5. The van der Waals surface area contributed by atoms with Crippen molar-refractivity contribution in [2.24, 2.45) is 0 Å². The highest BCUT2D eigenvalue weighted by atomic mass is 32.3. The topological polar surface area (TPSA) is 115 Å². The fourth-order valence-electron chi connectivity index (χ4n) is 3.06. The Morgan fingerprint density at radius 1 is 1.36 bits per heavy atom. The van der Waals surface area contributed by atoms with Crippen molar-refractivity contribution in [2.45, 2.75) is 19.1 Å². The van der Waals surface area contributed by atoms with E-state index in [4.69, 9.17) is 4.74 Å². The van der Waals surface area contributed by atoms with Gasteiger partial charge in [-0.05, 0) is 37.1 Å². The maximum atomic E-state index is 12.7. The third-order valence-corrected chi connectivity index (χ3v) is 4.79. The molecule has 3 rings (SSSR count). The van der Waals surface area contributed by atoms with E-state index in [9.17, 15) is 21.9 Å². The van der Waals surface area contributed by atoms with Gasteiger partial charge in [-0.1, -0.05) is 3.89 Å². The van der Waals surface area contributed by atoms with E-state index in [1.54, 1.807) is 18.2 Å². The molecule has 1 unspecified atom stereocenters. The normalized spacial score (nSPS) is 16.9. The van der Waals surface area contributed by atoms with Crippen LogP contribution in [0.4, 0.5) is 3.89 Å². The Morgan fingerprint density at radius 2 is 2.14 bits per heavy atom. The number of nitrogens with zero attached hydrogens (tertiary/aromatic N) is 2. The van der Waals surface area contributed by atoms with E-state index in [1.807, 2.05) is 0 Å². The summed E-state index contributed by atoms with van der Waals surface area (Å²) in [6.07, 6.45) is 0.930. The Kier molecular flexibility index (Phi) is 5.75. The van der Waals surface area contributed by atoms with Gasteiger partial charge in [0.2, 0.25) is 5.91 Å². The van der Waals surface area contributed by atoms with Gasteiger partial charge in [0.25, 0.3) is 5.91 Å². The van der Waals surface area contributed by atoms with Gasteiger partial charge in [-0.25, -0.2) is 4.18 Å². The molecular formula is C17H18FN3O6S. The van der Waals surface area contributed by atoms with E-state index >= 15 is 0 Å². The van der Waals surface area contributed by atoms with E-state index in [1.165, 1.54) is 19.4 Å². The lowest BCUT2D eigenvalue weighted by Gasteiger charge is -2.22. The second-order valence-corrected chi connectivity index (χ2v) is 7.08. The number of pyridine rings is 1. The van der Waals surface area contributed by atoms with E-state index in [2.05, 4.69) is 14.5 Å². The molecule has 0 bridgehead atoms. The summed E-state index contributed by atoms with van der Waals surface area (Å²) in [5, 5.41) is 3.04. The molecule has 2 heterocycles. The number of hydrogen-bond donors (Lipinski definition) is 1. The van der Waals surface area contributed by atoms with E-state index in [0.717, 1.165) is 4.90 Å². The first kappa shape index (κ1) is 20.0. The molecule has 11 heteroatoms. The van der Waals surface area contributed by atoms with Crippen molar-refractivity contribution >= 4 is 33.2 Å². The molecule has 2 aromatic rings. The molecule has 1 atom stereocenters. The van der Waals surface area contributed by atoms with Crippen LogP contribution >= 0.6 is 0 Å². The van der Waals surface area contributed by atoms with Gasteiger partial charge < -0.3 is 15.0 Å². The van der Waals surface area contributed by atoms with Gasteiger partial charge in [0.1, 0.15) is 5.75 Å². The Bertz CT molecular complexity index is 1010. The smallest absolute Gasteiger partial charge is 0.439 e. The highest BCUT2D eigenvalue weighted by molar-refractivity contribution is 7.81. The first-order valence-corrected chi connectivity index (χ1v) is 9.72. The number of halogens is 1. The summed E-state index contributed by atoms with van der Waals surface area (Å²) in [5.74, 6) is -0.533. The van der Waals surface area contributed by atoms with Gasteiger partial charge >= 0.3 is 10.5 Å². The van der Waals surface area contributed by atoms with Crippen LogP contribution in [-0.2, 0) is 19.5 Å². The van der Waals surface area contributed by atoms with Gasteiger partial charge in [-0.2, -0.15) is 8.42 Å². The highest BCUT2D eigenvalue weighted by Crippen LogP contribution is 2.23. The van der Waals surface area contributed by atoms with Crippen LogP contribution in [0.25, 0.3) is 10.9 Å². The minimum absolute atomic E-state index is 0.192. The zero-order valence-corrected chi connectivity index (χ0v) is 15.7. The number of hydrogen-bond acceptors (Lipinski definition) is 7. The zero-order chi connectivity index (χ0) is 20.3. The molecule has 0 radical (unpaired) electrons. The van der Waals surface area contributed by atoms with Crippen molar-refractivity contribution in [2.75, 3.05) is 20.2 Å². The van der Waals surface area contributed by atoms with Crippen LogP contribution in [0.5, 0.6) is 5.75 Å². The number of likely N-dealkylation sites (tertiary alicyclic amines) is 1. The molecule has 150 valence electrons. The maximum Gasteiger partial charge on any atom is 0.439 e. The van der Waals surface area contributed by atoms with Crippen LogP contribution in [0, 0.1) is 0 Å². The number of methoxy groups -OCH3 is 1. The lowest BCUT2D eigenvalue weighted by molar-refractivity contribution is -0.135. The minimum Gasteiger partial charge on any atom is -0.497 e. The molecule has 2 amide bonds. The molecule has 0 aliphatic carbocycles. The van der Waals surface area contributed by atoms with Gasteiger partial charge in [-0.3, -0.25) is 14.6 Å². The summed E-state index contributed by atoms with van der Waals surface area (Å²) in [7, 11) is -3.68. The monoisotopic (exact) mass is 411 g/mol. The number of rotatable bonds is 6. The Labute approximate surface area is 160 Å². The molecular weight excluding hydrogens is 393 g/mol. The van der Waals surface area contributed by atoms with E-state index in [0.29, 0.717) is 28.6 Å². The largest absolute Gasteiger partial charge is 0.497 e. The van der Waals surface area contributed by atoms with Crippen LogP contribution in [0.1, 0.15) is 23.2 Å². The fraction of sp³-hybridized carbons (Fsp3) is 0.353. The SMILES string of the molecule is COc1ccc2nccc(C(=O)NCC(=O)N3CCCC3OS(=O)(=O)F)c2c1. The molecule has 1 aromatic carbocycles. The Morgan fingerprint density at radius 3 is 2.86 bits per heavy atom. The number of carbonyl (C=O) groups excluding carboxylic acids is 2. The summed E-state index contributed by atoms with van der Waals surface area (Å²) in [6, 6.07) is 6.60. The van der Waals surface area contributed by atoms with Crippen molar-refractivity contribution in [1.82, 2.24) is 15.2 Å². The number of aromatic nitrogens is 1. The van der Waals surface area contributed by atoms with E-state index < -0.39 is 35.1 Å². The van der Waals surface area contributed by atoms with Gasteiger partial charge in [0, 0.05) is 18.1 Å². The second-order valence-electron chi connectivity index (χ2n) is 6.10. The minimum atomic E-state index is -5.18. The Balaban J connectivity index is 1.70. The first-order chi connectivity index (χ1) is 13.3. The quantitative estimate of drug-likeness (QED) is 0.709. The third kappa shape index (κ3) is 4.54. The molecule has 1 aliphatic rings. The zero-order valence-electron chi connectivity index (χ0n) is 14.9. The molecule has 9 nitrogen and oxygen atoms in total. The lowest BCUT2D eigenvalue weighted by atomic mass is 10.1. The molecule has 0 saturated carbocycles. The van der Waals surface area contributed by atoms with Crippen LogP contribution in [0.15, 0.2) is 30.5 Å². The first-order valence-electron chi connectivity index (χ1n) is 8.42. The molecule has 1 aliphatic heterocycles. The second kappa shape index (κ2) is 8.07. The predicted octanol–water partition coefficient (Wildman–Crippen LogP) is 1.15. The fourth-order valence-corrected chi connectivity index (χ4v) is 3.52. The molecule has 0 spiro atoms. The molecule has 1 saturated heterocycles. The molecule has 28 heavy (non-hydrogen) atoms. The van der Waals surface area contributed by atoms with Crippen LogP contribution in [0.3, 0.4) is 0 Å². The average molecular weight is 411 g/mol. The van der Waals surface area contributed by atoms with Crippen molar-refractivity contribution < 1.29 is 30.8 Å².